The van der Waals surface area contributed by atoms with E-state index < -0.39 is 0 Å². The first kappa shape index (κ1) is 15.3. The molecule has 1 rings (SSSR count). The molecule has 0 bridgehead atoms. The number of hydrogen-bond acceptors (Lipinski definition) is 2. The Morgan fingerprint density at radius 1 is 1.17 bits per heavy atom. The van der Waals surface area contributed by atoms with Gasteiger partial charge in [-0.15, -0.1) is 0 Å². The SMILES string of the molecule is CC(C)(C)CC(C)(C)NCc1ccc(O)c(Cl)c1. The number of aromatic hydroxyl groups is 1. The first-order chi connectivity index (χ1) is 8.09. The summed E-state index contributed by atoms with van der Waals surface area (Å²) >= 11 is 5.89. The molecule has 0 aliphatic carbocycles. The summed E-state index contributed by atoms with van der Waals surface area (Å²) in [4.78, 5) is 0. The highest BCUT2D eigenvalue weighted by molar-refractivity contribution is 6.32. The van der Waals surface area contributed by atoms with Crippen molar-refractivity contribution in [3.63, 3.8) is 0 Å². The Kier molecular flexibility index (Phi) is 4.68. The minimum absolute atomic E-state index is 0.0720. The van der Waals surface area contributed by atoms with Crippen LogP contribution in [0.15, 0.2) is 18.2 Å². The Labute approximate surface area is 115 Å². The minimum atomic E-state index is 0.0720. The topological polar surface area (TPSA) is 32.3 Å². The molecule has 3 heteroatoms. The van der Waals surface area contributed by atoms with Gasteiger partial charge in [0, 0.05) is 12.1 Å². The van der Waals surface area contributed by atoms with E-state index in [0.717, 1.165) is 18.5 Å². The average Bonchev–Trinajstić information content (AvgIpc) is 2.16. The molecule has 1 aromatic carbocycles. The zero-order valence-electron chi connectivity index (χ0n) is 12.0. The maximum atomic E-state index is 9.37. The van der Waals surface area contributed by atoms with E-state index in [0.29, 0.717) is 10.4 Å². The molecule has 18 heavy (non-hydrogen) atoms. The Hall–Kier alpha value is -0.730. The number of hydrogen-bond donors (Lipinski definition) is 2. The maximum Gasteiger partial charge on any atom is 0.134 e. The van der Waals surface area contributed by atoms with Crippen LogP contribution < -0.4 is 5.32 Å². The normalized spacial score (nSPS) is 12.8. The number of nitrogens with one attached hydrogen (secondary N) is 1. The van der Waals surface area contributed by atoms with Gasteiger partial charge < -0.3 is 10.4 Å². The van der Waals surface area contributed by atoms with Crippen molar-refractivity contribution in [3.8, 4) is 5.75 Å². The molecular formula is C15H24ClNO. The van der Waals surface area contributed by atoms with E-state index in [1.54, 1.807) is 12.1 Å². The van der Waals surface area contributed by atoms with Gasteiger partial charge in [-0.05, 0) is 43.4 Å². The van der Waals surface area contributed by atoms with E-state index >= 15 is 0 Å². The van der Waals surface area contributed by atoms with Crippen LogP contribution in [0.25, 0.3) is 0 Å². The second-order valence-electron chi connectivity index (χ2n) is 6.76. The van der Waals surface area contributed by atoms with Crippen LogP contribution in [0.3, 0.4) is 0 Å². The standard InChI is InChI=1S/C15H24ClNO/c1-14(2,3)10-15(4,5)17-9-11-6-7-13(18)12(16)8-11/h6-8,17-18H,9-10H2,1-5H3. The highest BCUT2D eigenvalue weighted by Gasteiger charge is 2.24. The van der Waals surface area contributed by atoms with E-state index in [1.807, 2.05) is 6.07 Å². The molecule has 0 radical (unpaired) electrons. The zero-order chi connectivity index (χ0) is 14.0. The van der Waals surface area contributed by atoms with E-state index in [2.05, 4.69) is 39.9 Å². The van der Waals surface area contributed by atoms with Crippen LogP contribution in [-0.4, -0.2) is 10.6 Å². The van der Waals surface area contributed by atoms with Gasteiger partial charge in [-0.1, -0.05) is 38.4 Å². The van der Waals surface area contributed by atoms with Crippen molar-refractivity contribution in [2.45, 2.75) is 53.1 Å². The molecule has 0 spiro atoms. The fraction of sp³-hybridized carbons (Fsp3) is 0.600. The van der Waals surface area contributed by atoms with Crippen molar-refractivity contribution in [3.05, 3.63) is 28.8 Å². The molecule has 0 aliphatic rings. The van der Waals surface area contributed by atoms with Gasteiger partial charge in [0.1, 0.15) is 5.75 Å². The van der Waals surface area contributed by atoms with Crippen LogP contribution in [0.2, 0.25) is 5.02 Å². The zero-order valence-corrected chi connectivity index (χ0v) is 12.7. The summed E-state index contributed by atoms with van der Waals surface area (Å²) in [5, 5.41) is 13.3. The third kappa shape index (κ3) is 5.28. The van der Waals surface area contributed by atoms with Gasteiger partial charge in [0.15, 0.2) is 0 Å². The van der Waals surface area contributed by atoms with Gasteiger partial charge >= 0.3 is 0 Å². The summed E-state index contributed by atoms with van der Waals surface area (Å²) in [5.74, 6) is 0.134. The van der Waals surface area contributed by atoms with E-state index in [9.17, 15) is 5.11 Å². The van der Waals surface area contributed by atoms with E-state index in [-0.39, 0.29) is 11.3 Å². The van der Waals surface area contributed by atoms with Crippen LogP contribution in [0.4, 0.5) is 0 Å². The molecule has 0 saturated heterocycles. The third-order valence-electron chi connectivity index (χ3n) is 2.76. The van der Waals surface area contributed by atoms with Crippen molar-refractivity contribution in [2.24, 2.45) is 5.41 Å². The summed E-state index contributed by atoms with van der Waals surface area (Å²) in [6, 6.07) is 5.33. The lowest BCUT2D eigenvalue weighted by atomic mass is 9.82. The van der Waals surface area contributed by atoms with Gasteiger partial charge in [0.05, 0.1) is 5.02 Å². The lowest BCUT2D eigenvalue weighted by Crippen LogP contribution is -2.41. The molecule has 2 nitrogen and oxygen atoms in total. The largest absolute Gasteiger partial charge is 0.506 e. The smallest absolute Gasteiger partial charge is 0.134 e. The number of halogens is 1. The van der Waals surface area contributed by atoms with Crippen molar-refractivity contribution < 1.29 is 5.11 Å². The Morgan fingerprint density at radius 3 is 2.28 bits per heavy atom. The summed E-state index contributed by atoms with van der Waals surface area (Å²) < 4.78 is 0. The molecule has 0 saturated carbocycles. The Morgan fingerprint density at radius 2 is 1.78 bits per heavy atom. The molecule has 0 aliphatic heterocycles. The molecule has 0 heterocycles. The fourth-order valence-electron chi connectivity index (χ4n) is 2.39. The molecule has 0 fully saturated rings. The average molecular weight is 270 g/mol. The number of benzene rings is 1. The maximum absolute atomic E-state index is 9.37. The van der Waals surface area contributed by atoms with Crippen molar-refractivity contribution >= 4 is 11.6 Å². The molecule has 0 unspecified atom stereocenters. The predicted molar refractivity (Wildman–Crippen MR) is 78.1 cm³/mol. The molecule has 0 atom stereocenters. The van der Waals surface area contributed by atoms with E-state index in [1.165, 1.54) is 0 Å². The summed E-state index contributed by atoms with van der Waals surface area (Å²) in [7, 11) is 0. The highest BCUT2D eigenvalue weighted by Crippen LogP contribution is 2.28. The lowest BCUT2D eigenvalue weighted by molar-refractivity contribution is 0.241. The van der Waals surface area contributed by atoms with Crippen LogP contribution in [0.5, 0.6) is 5.75 Å². The van der Waals surface area contributed by atoms with Crippen LogP contribution in [-0.2, 0) is 6.54 Å². The predicted octanol–water partition coefficient (Wildman–Crippen LogP) is 4.35. The molecular weight excluding hydrogens is 246 g/mol. The second kappa shape index (κ2) is 5.50. The summed E-state index contributed by atoms with van der Waals surface area (Å²) in [5.41, 5.74) is 1.45. The van der Waals surface area contributed by atoms with Gasteiger partial charge in [-0.25, -0.2) is 0 Å². The Balaban J connectivity index is 2.61. The monoisotopic (exact) mass is 269 g/mol. The van der Waals surface area contributed by atoms with Gasteiger partial charge in [0.25, 0.3) is 0 Å². The second-order valence-corrected chi connectivity index (χ2v) is 7.17. The highest BCUT2D eigenvalue weighted by atomic mass is 35.5. The van der Waals surface area contributed by atoms with Crippen molar-refractivity contribution in [1.82, 2.24) is 5.32 Å². The Bertz CT molecular complexity index is 407. The summed E-state index contributed by atoms with van der Waals surface area (Å²) in [6.45, 7) is 11.9. The van der Waals surface area contributed by atoms with Crippen molar-refractivity contribution in [2.75, 3.05) is 0 Å². The number of phenolic OH excluding ortho intramolecular Hbond substituents is 1. The molecule has 1 aromatic rings. The molecule has 102 valence electrons. The molecule has 0 amide bonds. The fourth-order valence-corrected chi connectivity index (χ4v) is 2.59. The van der Waals surface area contributed by atoms with Crippen LogP contribution >= 0.6 is 11.6 Å². The van der Waals surface area contributed by atoms with E-state index in [4.69, 9.17) is 11.6 Å². The van der Waals surface area contributed by atoms with Crippen LogP contribution in [0, 0.1) is 5.41 Å². The molecule has 0 aromatic heterocycles. The van der Waals surface area contributed by atoms with Crippen LogP contribution in [0.1, 0.15) is 46.6 Å². The summed E-state index contributed by atoms with van der Waals surface area (Å²) in [6.07, 6.45) is 1.09. The molecule has 2 N–H and O–H groups in total. The first-order valence-corrected chi connectivity index (χ1v) is 6.69. The van der Waals surface area contributed by atoms with Crippen molar-refractivity contribution in [1.29, 1.82) is 0 Å². The minimum Gasteiger partial charge on any atom is -0.506 e. The van der Waals surface area contributed by atoms with Gasteiger partial charge in [-0.3, -0.25) is 0 Å². The first-order valence-electron chi connectivity index (χ1n) is 6.31. The number of rotatable bonds is 4. The third-order valence-corrected chi connectivity index (χ3v) is 3.06. The quantitative estimate of drug-likeness (QED) is 0.852. The lowest BCUT2D eigenvalue weighted by Gasteiger charge is -2.33. The number of phenols is 1. The van der Waals surface area contributed by atoms with Gasteiger partial charge in [0.2, 0.25) is 0 Å². The van der Waals surface area contributed by atoms with Gasteiger partial charge in [-0.2, -0.15) is 0 Å².